The van der Waals surface area contributed by atoms with E-state index in [9.17, 15) is 9.18 Å². The monoisotopic (exact) mass is 395 g/mol. The quantitative estimate of drug-likeness (QED) is 0.419. The van der Waals surface area contributed by atoms with Crippen LogP contribution < -0.4 is 15.5 Å². The van der Waals surface area contributed by atoms with E-state index in [-0.39, 0.29) is 24.3 Å². The first kappa shape index (κ1) is 21.3. The van der Waals surface area contributed by atoms with Gasteiger partial charge in [0.05, 0.1) is 5.69 Å². The number of carbonyl (C=O) groups is 1. The number of para-hydroxylation sites is 1. The maximum Gasteiger partial charge on any atom is 0.243 e. The van der Waals surface area contributed by atoms with Crippen molar-refractivity contribution in [1.29, 1.82) is 0 Å². The first-order chi connectivity index (χ1) is 13.0. The van der Waals surface area contributed by atoms with Gasteiger partial charge < -0.3 is 20.4 Å². The van der Waals surface area contributed by atoms with Gasteiger partial charge in [-0.2, -0.15) is 11.8 Å². The fraction of sp³-hybridized carbons (Fsp3) is 0.579. The van der Waals surface area contributed by atoms with Crippen LogP contribution in [0, 0.1) is 5.82 Å². The van der Waals surface area contributed by atoms with E-state index in [1.807, 2.05) is 12.1 Å². The van der Waals surface area contributed by atoms with Gasteiger partial charge >= 0.3 is 0 Å². The van der Waals surface area contributed by atoms with Gasteiger partial charge in [0.15, 0.2) is 5.96 Å². The average Bonchev–Trinajstić information content (AvgIpc) is 2.66. The summed E-state index contributed by atoms with van der Waals surface area (Å²) in [7, 11) is 3.44. The summed E-state index contributed by atoms with van der Waals surface area (Å²) in [5.74, 6) is 1.35. The van der Waals surface area contributed by atoms with E-state index in [2.05, 4.69) is 26.8 Å². The molecule has 0 aliphatic carbocycles. The van der Waals surface area contributed by atoms with Gasteiger partial charge in [0, 0.05) is 45.5 Å². The first-order valence-electron chi connectivity index (χ1n) is 9.24. The van der Waals surface area contributed by atoms with Crippen LogP contribution in [-0.4, -0.2) is 75.1 Å². The van der Waals surface area contributed by atoms with Crippen molar-refractivity contribution in [3.05, 3.63) is 30.1 Å². The van der Waals surface area contributed by atoms with Crippen LogP contribution in [-0.2, 0) is 4.79 Å². The van der Waals surface area contributed by atoms with Crippen LogP contribution in [0.15, 0.2) is 29.3 Å². The van der Waals surface area contributed by atoms with Crippen molar-refractivity contribution in [3.8, 4) is 0 Å². The highest BCUT2D eigenvalue weighted by Crippen LogP contribution is 2.22. The number of hydrogen-bond acceptors (Lipinski definition) is 4. The lowest BCUT2D eigenvalue weighted by molar-refractivity contribution is -0.127. The van der Waals surface area contributed by atoms with Crippen LogP contribution in [0.4, 0.5) is 10.1 Å². The molecule has 1 heterocycles. The zero-order valence-corrected chi connectivity index (χ0v) is 17.2. The summed E-state index contributed by atoms with van der Waals surface area (Å²) in [6.45, 7) is 2.41. The molecule has 1 saturated heterocycles. The molecule has 0 bridgehead atoms. The van der Waals surface area contributed by atoms with Gasteiger partial charge in [-0.3, -0.25) is 4.79 Å². The Hall–Kier alpha value is -1.96. The summed E-state index contributed by atoms with van der Waals surface area (Å²) < 4.78 is 14.1. The molecule has 1 unspecified atom stereocenters. The number of benzene rings is 1. The number of hydrogen-bond donors (Lipinski definition) is 2. The molecule has 1 amide bonds. The topological polar surface area (TPSA) is 60.0 Å². The number of halogens is 1. The van der Waals surface area contributed by atoms with Gasteiger partial charge in [-0.15, -0.1) is 0 Å². The Labute approximate surface area is 165 Å². The largest absolute Gasteiger partial charge is 0.367 e. The lowest BCUT2D eigenvalue weighted by atomic mass is 10.0. The predicted octanol–water partition coefficient (Wildman–Crippen LogP) is 1.78. The van der Waals surface area contributed by atoms with Crippen molar-refractivity contribution < 1.29 is 9.18 Å². The van der Waals surface area contributed by atoms with Crippen LogP contribution in [0.2, 0.25) is 0 Å². The molecule has 150 valence electrons. The van der Waals surface area contributed by atoms with Crippen molar-refractivity contribution in [2.45, 2.75) is 18.9 Å². The minimum absolute atomic E-state index is 0.0439. The lowest BCUT2D eigenvalue weighted by Gasteiger charge is -2.35. The van der Waals surface area contributed by atoms with Gasteiger partial charge in [-0.05, 0) is 31.2 Å². The molecule has 1 fully saturated rings. The molecular formula is C19H30FN5OS. The summed E-state index contributed by atoms with van der Waals surface area (Å²) in [6.07, 6.45) is 4.01. The van der Waals surface area contributed by atoms with E-state index >= 15 is 0 Å². The highest BCUT2D eigenvalue weighted by molar-refractivity contribution is 7.98. The zero-order valence-electron chi connectivity index (χ0n) is 16.4. The normalized spacial score (nSPS) is 17.6. The number of piperidine rings is 1. The minimum atomic E-state index is -0.193. The second-order valence-electron chi connectivity index (χ2n) is 6.75. The second-order valence-corrected chi connectivity index (χ2v) is 7.74. The molecule has 2 rings (SSSR count). The number of guanidine groups is 1. The molecule has 1 aliphatic heterocycles. The smallest absolute Gasteiger partial charge is 0.243 e. The Kier molecular flexibility index (Phi) is 8.71. The first-order valence-corrected chi connectivity index (χ1v) is 10.6. The number of nitrogens with zero attached hydrogens (tertiary/aromatic N) is 3. The number of thioether (sulfide) groups is 1. The third-order valence-electron chi connectivity index (χ3n) is 4.43. The number of aliphatic imine (C=N–C) groups is 1. The molecule has 1 aromatic rings. The van der Waals surface area contributed by atoms with Crippen LogP contribution >= 0.6 is 11.8 Å². The van der Waals surface area contributed by atoms with Crippen molar-refractivity contribution in [2.75, 3.05) is 57.2 Å². The summed E-state index contributed by atoms with van der Waals surface area (Å²) in [5.41, 5.74) is 0.639. The molecule has 0 saturated carbocycles. The van der Waals surface area contributed by atoms with E-state index in [1.165, 1.54) is 11.0 Å². The summed E-state index contributed by atoms with van der Waals surface area (Å²) in [6, 6.07) is 7.03. The van der Waals surface area contributed by atoms with E-state index in [1.54, 1.807) is 31.9 Å². The highest BCUT2D eigenvalue weighted by atomic mass is 32.2. The van der Waals surface area contributed by atoms with Gasteiger partial charge in [-0.1, -0.05) is 12.1 Å². The molecule has 0 radical (unpaired) electrons. The molecule has 1 atom stereocenters. The Balaban J connectivity index is 2.00. The fourth-order valence-electron chi connectivity index (χ4n) is 2.93. The molecule has 2 N–H and O–H groups in total. The number of carbonyl (C=O) groups excluding carboxylic acids is 1. The van der Waals surface area contributed by atoms with Gasteiger partial charge in [-0.25, -0.2) is 9.38 Å². The molecule has 6 nitrogen and oxygen atoms in total. The molecule has 0 aromatic heterocycles. The number of rotatable bonds is 7. The van der Waals surface area contributed by atoms with Crippen molar-refractivity contribution in [1.82, 2.24) is 15.5 Å². The Morgan fingerprint density at radius 2 is 2.19 bits per heavy atom. The van der Waals surface area contributed by atoms with Gasteiger partial charge in [0.1, 0.15) is 12.4 Å². The maximum absolute atomic E-state index is 14.1. The Morgan fingerprint density at radius 1 is 1.41 bits per heavy atom. The lowest BCUT2D eigenvalue weighted by Crippen LogP contribution is -2.52. The Morgan fingerprint density at radius 3 is 2.89 bits per heavy atom. The molecule has 0 spiro atoms. The second kappa shape index (κ2) is 11.0. The predicted molar refractivity (Wildman–Crippen MR) is 112 cm³/mol. The number of amides is 1. The molecule has 27 heavy (non-hydrogen) atoms. The van der Waals surface area contributed by atoms with Crippen LogP contribution in [0.5, 0.6) is 0 Å². The van der Waals surface area contributed by atoms with E-state index in [0.29, 0.717) is 18.2 Å². The molecule has 8 heteroatoms. The van der Waals surface area contributed by atoms with Gasteiger partial charge in [0.25, 0.3) is 0 Å². The summed E-state index contributed by atoms with van der Waals surface area (Å²) in [4.78, 5) is 19.9. The SMILES string of the molecule is CSCCNC(=NCC(=O)N(C)C)NC1CCCN(c2ccccc2F)C1. The van der Waals surface area contributed by atoms with Crippen molar-refractivity contribution in [2.24, 2.45) is 4.99 Å². The summed E-state index contributed by atoms with van der Waals surface area (Å²) >= 11 is 1.75. The van der Waals surface area contributed by atoms with Crippen molar-refractivity contribution >= 4 is 29.3 Å². The van der Waals surface area contributed by atoms with Crippen LogP contribution in [0.1, 0.15) is 12.8 Å². The summed E-state index contributed by atoms with van der Waals surface area (Å²) in [5, 5.41) is 6.71. The third-order valence-corrected chi connectivity index (χ3v) is 5.04. The average molecular weight is 396 g/mol. The van der Waals surface area contributed by atoms with Crippen LogP contribution in [0.3, 0.4) is 0 Å². The van der Waals surface area contributed by atoms with E-state index in [0.717, 1.165) is 31.7 Å². The van der Waals surface area contributed by atoms with Crippen LogP contribution in [0.25, 0.3) is 0 Å². The third kappa shape index (κ3) is 6.93. The van der Waals surface area contributed by atoms with Gasteiger partial charge in [0.2, 0.25) is 5.91 Å². The molecular weight excluding hydrogens is 365 g/mol. The standard InChI is InChI=1S/C19H30FN5OS/c1-24(2)18(26)13-22-19(21-10-12-27-3)23-15-7-6-11-25(14-15)17-9-5-4-8-16(17)20/h4-5,8-9,15H,6-7,10-14H2,1-3H3,(H2,21,22,23). The highest BCUT2D eigenvalue weighted by Gasteiger charge is 2.22. The number of nitrogens with one attached hydrogen (secondary N) is 2. The van der Waals surface area contributed by atoms with E-state index < -0.39 is 0 Å². The Bertz CT molecular complexity index is 640. The molecule has 1 aromatic carbocycles. The molecule has 1 aliphatic rings. The minimum Gasteiger partial charge on any atom is -0.367 e. The van der Waals surface area contributed by atoms with E-state index in [4.69, 9.17) is 0 Å². The zero-order chi connectivity index (χ0) is 19.6. The maximum atomic E-state index is 14.1. The van der Waals surface area contributed by atoms with Crippen molar-refractivity contribution in [3.63, 3.8) is 0 Å². The number of anilines is 1. The fourth-order valence-corrected chi connectivity index (χ4v) is 3.23. The number of likely N-dealkylation sites (N-methyl/N-ethyl adjacent to an activating group) is 1.